The normalized spacial score (nSPS) is 15.3. The number of halogens is 1. The van der Waals surface area contributed by atoms with E-state index in [9.17, 15) is 19.8 Å². The van der Waals surface area contributed by atoms with Crippen LogP contribution < -0.4 is 11.2 Å². The smallest absolute Gasteiger partial charge is 0.335 e. The number of rotatable bonds is 3. The van der Waals surface area contributed by atoms with Crippen LogP contribution in [0.3, 0.4) is 0 Å². The highest BCUT2D eigenvalue weighted by atomic mass is 35.5. The number of benzene rings is 3. The van der Waals surface area contributed by atoms with Crippen molar-refractivity contribution in [1.29, 1.82) is 0 Å². The van der Waals surface area contributed by atoms with E-state index in [2.05, 4.69) is 4.98 Å². The van der Waals surface area contributed by atoms with Crippen LogP contribution in [0.15, 0.2) is 92.3 Å². The quantitative estimate of drug-likeness (QED) is 0.376. The Hall–Kier alpha value is -3.75. The number of nitrogens with one attached hydrogen (secondary N) is 1. The molecule has 7 nitrogen and oxygen atoms in total. The van der Waals surface area contributed by atoms with Crippen molar-refractivity contribution in [3.8, 4) is 17.3 Å². The second kappa shape index (κ2) is 8.89. The average molecular weight is 492 g/mol. The van der Waals surface area contributed by atoms with E-state index in [0.717, 1.165) is 15.0 Å². The first-order valence-electron chi connectivity index (χ1n) is 10.4. The molecule has 1 aromatic heterocycles. The van der Waals surface area contributed by atoms with Crippen molar-refractivity contribution in [3.05, 3.63) is 110 Å². The molecule has 1 aliphatic heterocycles. The molecule has 0 amide bonds. The Morgan fingerprint density at radius 2 is 1.76 bits per heavy atom. The van der Waals surface area contributed by atoms with Crippen LogP contribution in [0.4, 0.5) is 5.69 Å². The van der Waals surface area contributed by atoms with E-state index in [1.165, 1.54) is 0 Å². The molecule has 3 N–H and O–H groups in total. The van der Waals surface area contributed by atoms with E-state index in [4.69, 9.17) is 16.6 Å². The van der Waals surface area contributed by atoms with Gasteiger partial charge in [-0.3, -0.25) is 14.8 Å². The highest BCUT2D eigenvalue weighted by Crippen LogP contribution is 2.46. The largest absolute Gasteiger partial charge is 0.508 e. The second-order valence-electron chi connectivity index (χ2n) is 7.70. The average Bonchev–Trinajstić information content (AvgIpc) is 3.00. The summed E-state index contributed by atoms with van der Waals surface area (Å²) in [6.45, 7) is 0. The van der Waals surface area contributed by atoms with Crippen molar-refractivity contribution < 1.29 is 10.2 Å². The minimum atomic E-state index is -0.776. The summed E-state index contributed by atoms with van der Waals surface area (Å²) in [5.74, 6) is -0.375. The number of para-hydroxylation sites is 1. The van der Waals surface area contributed by atoms with Gasteiger partial charge in [-0.05, 0) is 54.1 Å². The number of phenols is 1. The fraction of sp³-hybridized carbons (Fsp3) is 0.0800. The van der Waals surface area contributed by atoms with Gasteiger partial charge in [0.1, 0.15) is 11.3 Å². The number of thioether (sulfide) groups is 1. The van der Waals surface area contributed by atoms with Crippen molar-refractivity contribution in [2.75, 3.05) is 0 Å². The zero-order valence-corrected chi connectivity index (χ0v) is 19.2. The van der Waals surface area contributed by atoms with Crippen molar-refractivity contribution in [3.63, 3.8) is 0 Å². The van der Waals surface area contributed by atoms with E-state index in [0.29, 0.717) is 22.1 Å². The molecule has 9 heteroatoms. The van der Waals surface area contributed by atoms with E-state index in [1.54, 1.807) is 54.2 Å². The van der Waals surface area contributed by atoms with Crippen LogP contribution in [0.25, 0.3) is 5.69 Å². The molecule has 0 spiro atoms. The maximum absolute atomic E-state index is 12.9. The summed E-state index contributed by atoms with van der Waals surface area (Å²) in [6, 6.07) is 20.7. The lowest BCUT2D eigenvalue weighted by atomic mass is 10.0. The Balaban J connectivity index is 1.71. The summed E-state index contributed by atoms with van der Waals surface area (Å²) in [5.41, 5.74) is 0.569. The van der Waals surface area contributed by atoms with Gasteiger partial charge in [0.2, 0.25) is 5.88 Å². The number of phenolic OH excluding ortho intramolecular Hbond substituents is 1. The van der Waals surface area contributed by atoms with Gasteiger partial charge in [-0.25, -0.2) is 9.36 Å². The van der Waals surface area contributed by atoms with Crippen LogP contribution in [0.1, 0.15) is 22.8 Å². The molecule has 34 heavy (non-hydrogen) atoms. The summed E-state index contributed by atoms with van der Waals surface area (Å²) in [4.78, 5) is 33.5. The van der Waals surface area contributed by atoms with Crippen LogP contribution in [-0.4, -0.2) is 25.5 Å². The molecule has 5 rings (SSSR count). The van der Waals surface area contributed by atoms with Crippen LogP contribution in [0, 0.1) is 0 Å². The van der Waals surface area contributed by atoms with Gasteiger partial charge >= 0.3 is 5.69 Å². The van der Waals surface area contributed by atoms with Gasteiger partial charge in [0, 0.05) is 21.6 Å². The van der Waals surface area contributed by atoms with Gasteiger partial charge in [-0.1, -0.05) is 35.9 Å². The van der Waals surface area contributed by atoms with Crippen molar-refractivity contribution in [2.24, 2.45) is 4.99 Å². The van der Waals surface area contributed by atoms with Gasteiger partial charge in [0.25, 0.3) is 5.56 Å². The van der Waals surface area contributed by atoms with Gasteiger partial charge in [0.05, 0.1) is 17.1 Å². The monoisotopic (exact) mass is 491 g/mol. The Morgan fingerprint density at radius 1 is 1.00 bits per heavy atom. The Bertz CT molecular complexity index is 1540. The maximum atomic E-state index is 12.9. The molecule has 0 unspecified atom stereocenters. The molecule has 4 aromatic rings. The molecule has 3 aromatic carbocycles. The van der Waals surface area contributed by atoms with E-state index < -0.39 is 17.1 Å². The molecule has 0 bridgehead atoms. The lowest BCUT2D eigenvalue weighted by Crippen LogP contribution is -2.33. The highest BCUT2D eigenvalue weighted by Gasteiger charge is 2.27. The summed E-state index contributed by atoms with van der Waals surface area (Å²) >= 11 is 7.51. The molecule has 2 heterocycles. The van der Waals surface area contributed by atoms with E-state index >= 15 is 0 Å². The third-order valence-corrected chi connectivity index (χ3v) is 7.04. The fourth-order valence-electron chi connectivity index (χ4n) is 3.89. The standard InChI is InChI=1S/C25H18ClN3O4S/c26-15-8-10-16(11-9-15)29-24(32)22(23(31)28-25(29)33)19-13-21(14-4-3-5-17(30)12-14)34-20-7-2-1-6-18(20)27-19/h1-12,21,30,32H,13H2,(H,28,31,33)/t21-/m0/s1. The van der Waals surface area contributed by atoms with Gasteiger partial charge in [-0.2, -0.15) is 0 Å². The molecule has 1 atom stereocenters. The van der Waals surface area contributed by atoms with E-state index in [-0.39, 0.29) is 23.0 Å². The minimum absolute atomic E-state index is 0.0861. The zero-order chi connectivity index (χ0) is 23.8. The van der Waals surface area contributed by atoms with E-state index in [1.807, 2.05) is 30.3 Å². The first-order valence-corrected chi connectivity index (χ1v) is 11.6. The SMILES string of the molecule is O=c1[nH]c(=O)n(-c2ccc(Cl)cc2)c(O)c1C1=Nc2ccccc2S[C@H](c2cccc(O)c2)C1. The van der Waals surface area contributed by atoms with Crippen molar-refractivity contribution in [2.45, 2.75) is 16.6 Å². The predicted octanol–water partition coefficient (Wildman–Crippen LogP) is 4.95. The Morgan fingerprint density at radius 3 is 2.53 bits per heavy atom. The van der Waals surface area contributed by atoms with Crippen LogP contribution in [0.2, 0.25) is 5.02 Å². The third-order valence-electron chi connectivity index (χ3n) is 5.47. The number of hydrogen-bond donors (Lipinski definition) is 3. The van der Waals surface area contributed by atoms with Gasteiger partial charge in [-0.15, -0.1) is 11.8 Å². The number of nitrogens with zero attached hydrogens (tertiary/aromatic N) is 2. The molecular formula is C25H18ClN3O4S. The summed E-state index contributed by atoms with van der Waals surface area (Å²) in [6.07, 6.45) is 0.276. The molecule has 170 valence electrons. The second-order valence-corrected chi connectivity index (χ2v) is 9.38. The topological polar surface area (TPSA) is 108 Å². The number of H-pyrrole nitrogens is 1. The molecular weight excluding hydrogens is 474 g/mol. The van der Waals surface area contributed by atoms with Crippen molar-refractivity contribution >= 4 is 34.8 Å². The minimum Gasteiger partial charge on any atom is -0.508 e. The molecule has 0 saturated heterocycles. The number of aliphatic imine (C=N–C) groups is 1. The lowest BCUT2D eigenvalue weighted by Gasteiger charge is -2.17. The Labute approximate surface area is 203 Å². The van der Waals surface area contributed by atoms with Crippen LogP contribution >= 0.6 is 23.4 Å². The predicted molar refractivity (Wildman–Crippen MR) is 133 cm³/mol. The van der Waals surface area contributed by atoms with Crippen molar-refractivity contribution in [1.82, 2.24) is 9.55 Å². The summed E-state index contributed by atoms with van der Waals surface area (Å²) in [7, 11) is 0. The van der Waals surface area contributed by atoms with Crippen LogP contribution in [-0.2, 0) is 0 Å². The first-order chi connectivity index (χ1) is 16.4. The molecule has 0 radical (unpaired) electrons. The lowest BCUT2D eigenvalue weighted by molar-refractivity contribution is 0.429. The molecule has 0 fully saturated rings. The number of aromatic amines is 1. The summed E-state index contributed by atoms with van der Waals surface area (Å²) in [5, 5.41) is 21.4. The number of aromatic hydroxyl groups is 2. The number of hydrogen-bond acceptors (Lipinski definition) is 6. The summed E-state index contributed by atoms with van der Waals surface area (Å²) < 4.78 is 1.02. The molecule has 0 aliphatic carbocycles. The fourth-order valence-corrected chi connectivity index (χ4v) is 5.24. The number of fused-ring (bicyclic) bond motifs is 1. The Kier molecular flexibility index (Phi) is 5.77. The first kappa shape index (κ1) is 22.1. The molecule has 1 aliphatic rings. The molecule has 0 saturated carbocycles. The maximum Gasteiger partial charge on any atom is 0.335 e. The van der Waals surface area contributed by atoms with Crippen LogP contribution in [0.5, 0.6) is 11.6 Å². The number of aromatic nitrogens is 2. The van der Waals surface area contributed by atoms with Gasteiger partial charge < -0.3 is 10.2 Å². The highest BCUT2D eigenvalue weighted by molar-refractivity contribution is 7.99. The van der Waals surface area contributed by atoms with Gasteiger partial charge in [0.15, 0.2) is 0 Å². The third kappa shape index (κ3) is 4.13. The zero-order valence-electron chi connectivity index (χ0n) is 17.6.